The molecule has 0 bridgehead atoms. The number of nitrogens with zero attached hydrogens (tertiary/aromatic N) is 1. The standard InChI is InChI=1S/C16H28N2O2/c1-4-11(2)14-16(20)18(12(3)15(19)17-14)10-9-13-7-5-6-8-13/h11-14H,4-10H2,1-3H3,(H,17,19). The van der Waals surface area contributed by atoms with Crippen molar-refractivity contribution in [3.63, 3.8) is 0 Å². The van der Waals surface area contributed by atoms with Gasteiger partial charge in [-0.15, -0.1) is 0 Å². The highest BCUT2D eigenvalue weighted by atomic mass is 16.2. The number of nitrogens with one attached hydrogen (secondary N) is 1. The fourth-order valence-corrected chi connectivity index (χ4v) is 3.39. The van der Waals surface area contributed by atoms with Crippen LogP contribution in [0, 0.1) is 11.8 Å². The van der Waals surface area contributed by atoms with E-state index < -0.39 is 0 Å². The second-order valence-electron chi connectivity index (χ2n) is 6.52. The predicted octanol–water partition coefficient (Wildman–Crippen LogP) is 2.33. The molecule has 4 nitrogen and oxygen atoms in total. The smallest absolute Gasteiger partial charge is 0.246 e. The SMILES string of the molecule is CCC(C)C1NC(=O)C(C)N(CCC2CCCC2)C1=O. The van der Waals surface area contributed by atoms with Crippen molar-refractivity contribution in [2.45, 2.75) is 71.4 Å². The van der Waals surface area contributed by atoms with Gasteiger partial charge in [0.25, 0.3) is 0 Å². The zero-order chi connectivity index (χ0) is 14.7. The highest BCUT2D eigenvalue weighted by molar-refractivity contribution is 5.96. The van der Waals surface area contributed by atoms with Gasteiger partial charge in [0.2, 0.25) is 11.8 Å². The molecule has 1 heterocycles. The molecule has 0 aromatic heterocycles. The fraction of sp³-hybridized carbons (Fsp3) is 0.875. The van der Waals surface area contributed by atoms with Crippen LogP contribution >= 0.6 is 0 Å². The maximum Gasteiger partial charge on any atom is 0.246 e. The zero-order valence-electron chi connectivity index (χ0n) is 13.0. The van der Waals surface area contributed by atoms with Gasteiger partial charge >= 0.3 is 0 Å². The van der Waals surface area contributed by atoms with Crippen LogP contribution < -0.4 is 5.32 Å². The largest absolute Gasteiger partial charge is 0.342 e. The summed E-state index contributed by atoms with van der Waals surface area (Å²) in [6, 6.07) is -0.642. The molecular formula is C16H28N2O2. The molecule has 2 rings (SSSR count). The summed E-state index contributed by atoms with van der Waals surface area (Å²) in [5, 5.41) is 2.89. The van der Waals surface area contributed by atoms with E-state index in [0.29, 0.717) is 0 Å². The third kappa shape index (κ3) is 3.15. The second-order valence-corrected chi connectivity index (χ2v) is 6.52. The van der Waals surface area contributed by atoms with Gasteiger partial charge in [-0.1, -0.05) is 46.0 Å². The summed E-state index contributed by atoms with van der Waals surface area (Å²) in [4.78, 5) is 26.5. The van der Waals surface area contributed by atoms with Crippen LogP contribution in [0.3, 0.4) is 0 Å². The first kappa shape index (κ1) is 15.3. The van der Waals surface area contributed by atoms with Crippen LogP contribution in [0.1, 0.15) is 59.3 Å². The Morgan fingerprint density at radius 2 is 1.95 bits per heavy atom. The molecule has 1 N–H and O–H groups in total. The van der Waals surface area contributed by atoms with E-state index >= 15 is 0 Å². The van der Waals surface area contributed by atoms with E-state index in [0.717, 1.165) is 25.3 Å². The molecule has 1 saturated carbocycles. The third-order valence-electron chi connectivity index (χ3n) is 5.16. The number of carbonyl (C=O) groups is 2. The van der Waals surface area contributed by atoms with E-state index in [2.05, 4.69) is 12.2 Å². The molecule has 3 unspecified atom stereocenters. The van der Waals surface area contributed by atoms with Crippen molar-refractivity contribution in [1.29, 1.82) is 0 Å². The molecule has 1 saturated heterocycles. The third-order valence-corrected chi connectivity index (χ3v) is 5.16. The van der Waals surface area contributed by atoms with Crippen molar-refractivity contribution < 1.29 is 9.59 Å². The molecule has 0 radical (unpaired) electrons. The van der Waals surface area contributed by atoms with Crippen LogP contribution in [0.15, 0.2) is 0 Å². The zero-order valence-corrected chi connectivity index (χ0v) is 13.0. The summed E-state index contributed by atoms with van der Waals surface area (Å²) in [5.74, 6) is 1.07. The lowest BCUT2D eigenvalue weighted by molar-refractivity contribution is -0.150. The summed E-state index contributed by atoms with van der Waals surface area (Å²) in [6.07, 6.45) is 7.18. The number of amides is 2. The minimum Gasteiger partial charge on any atom is -0.342 e. The first-order chi connectivity index (χ1) is 9.54. The van der Waals surface area contributed by atoms with Crippen molar-refractivity contribution in [3.05, 3.63) is 0 Å². The maximum absolute atomic E-state index is 12.6. The highest BCUT2D eigenvalue weighted by Gasteiger charge is 2.39. The van der Waals surface area contributed by atoms with Crippen LogP contribution in [-0.2, 0) is 9.59 Å². The summed E-state index contributed by atoms with van der Waals surface area (Å²) < 4.78 is 0. The van der Waals surface area contributed by atoms with E-state index in [9.17, 15) is 9.59 Å². The Morgan fingerprint density at radius 3 is 2.55 bits per heavy atom. The van der Waals surface area contributed by atoms with Crippen LogP contribution in [0.5, 0.6) is 0 Å². The van der Waals surface area contributed by atoms with Gasteiger partial charge in [-0.25, -0.2) is 0 Å². The number of rotatable bonds is 5. The van der Waals surface area contributed by atoms with Gasteiger partial charge in [0, 0.05) is 6.54 Å². The minimum absolute atomic E-state index is 0.00122. The molecule has 4 heteroatoms. The molecular weight excluding hydrogens is 252 g/mol. The molecule has 2 amide bonds. The summed E-state index contributed by atoms with van der Waals surface area (Å²) in [7, 11) is 0. The average Bonchev–Trinajstić information content (AvgIpc) is 2.95. The average molecular weight is 280 g/mol. The molecule has 0 spiro atoms. The van der Waals surface area contributed by atoms with Crippen molar-refractivity contribution in [3.8, 4) is 0 Å². The Kier molecular flexibility index (Phi) is 5.06. The summed E-state index contributed by atoms with van der Waals surface area (Å²) >= 11 is 0. The van der Waals surface area contributed by atoms with Crippen molar-refractivity contribution >= 4 is 11.8 Å². The molecule has 1 aliphatic heterocycles. The van der Waals surface area contributed by atoms with Gasteiger partial charge in [0.1, 0.15) is 12.1 Å². The van der Waals surface area contributed by atoms with E-state index in [1.54, 1.807) is 0 Å². The molecule has 0 aromatic rings. The Labute approximate surface area is 122 Å². The van der Waals surface area contributed by atoms with Crippen LogP contribution in [0.2, 0.25) is 0 Å². The Balaban J connectivity index is 1.99. The van der Waals surface area contributed by atoms with E-state index in [1.165, 1.54) is 25.7 Å². The Hall–Kier alpha value is -1.06. The van der Waals surface area contributed by atoms with Crippen LogP contribution in [0.25, 0.3) is 0 Å². The van der Waals surface area contributed by atoms with Gasteiger partial charge in [-0.2, -0.15) is 0 Å². The van der Waals surface area contributed by atoms with Crippen molar-refractivity contribution in [1.82, 2.24) is 10.2 Å². The monoisotopic (exact) mass is 280 g/mol. The van der Waals surface area contributed by atoms with E-state index in [1.807, 2.05) is 18.7 Å². The molecule has 20 heavy (non-hydrogen) atoms. The van der Waals surface area contributed by atoms with Crippen molar-refractivity contribution in [2.24, 2.45) is 11.8 Å². The molecule has 2 fully saturated rings. The van der Waals surface area contributed by atoms with Gasteiger partial charge < -0.3 is 10.2 Å². The quantitative estimate of drug-likeness (QED) is 0.840. The fourth-order valence-electron chi connectivity index (χ4n) is 3.39. The highest BCUT2D eigenvalue weighted by Crippen LogP contribution is 2.28. The van der Waals surface area contributed by atoms with Gasteiger partial charge in [-0.3, -0.25) is 9.59 Å². The van der Waals surface area contributed by atoms with Gasteiger partial charge in [0.05, 0.1) is 0 Å². The lowest BCUT2D eigenvalue weighted by Gasteiger charge is -2.39. The normalized spacial score (nSPS) is 29.6. The maximum atomic E-state index is 12.6. The summed E-state index contributed by atoms with van der Waals surface area (Å²) in [6.45, 7) is 6.68. The van der Waals surface area contributed by atoms with Crippen LogP contribution in [-0.4, -0.2) is 35.3 Å². The number of hydrogen-bond acceptors (Lipinski definition) is 2. The molecule has 3 atom stereocenters. The van der Waals surface area contributed by atoms with Crippen LogP contribution in [0.4, 0.5) is 0 Å². The summed E-state index contributed by atoms with van der Waals surface area (Å²) in [5.41, 5.74) is 0. The lowest BCUT2D eigenvalue weighted by atomic mass is 9.94. The number of piperazine rings is 1. The Morgan fingerprint density at radius 1 is 1.30 bits per heavy atom. The molecule has 0 aromatic carbocycles. The van der Waals surface area contributed by atoms with E-state index in [4.69, 9.17) is 0 Å². The minimum atomic E-state index is -0.327. The number of hydrogen-bond donors (Lipinski definition) is 1. The second kappa shape index (κ2) is 6.59. The number of carbonyl (C=O) groups excluding carboxylic acids is 2. The van der Waals surface area contributed by atoms with Gasteiger partial charge in [0.15, 0.2) is 0 Å². The first-order valence-electron chi connectivity index (χ1n) is 8.15. The van der Waals surface area contributed by atoms with Gasteiger partial charge in [-0.05, 0) is 25.2 Å². The van der Waals surface area contributed by atoms with Crippen molar-refractivity contribution in [2.75, 3.05) is 6.54 Å². The molecule has 114 valence electrons. The lowest BCUT2D eigenvalue weighted by Crippen LogP contribution is -2.64. The Bertz CT molecular complexity index is 363. The topological polar surface area (TPSA) is 49.4 Å². The molecule has 2 aliphatic rings. The first-order valence-corrected chi connectivity index (χ1v) is 8.15. The molecule has 1 aliphatic carbocycles. The van der Waals surface area contributed by atoms with E-state index in [-0.39, 0.29) is 29.8 Å². The predicted molar refractivity (Wildman–Crippen MR) is 79.1 cm³/mol.